The summed E-state index contributed by atoms with van der Waals surface area (Å²) in [6.45, 7) is 2.14. The molecular formula is C19H20BrN3O5S. The topological polar surface area (TPSA) is 118 Å². The summed E-state index contributed by atoms with van der Waals surface area (Å²) < 4.78 is 37.2. The number of halogens is 1. The average Bonchev–Trinajstić information content (AvgIpc) is 2.71. The molecule has 29 heavy (non-hydrogen) atoms. The first-order chi connectivity index (χ1) is 13.8. The maximum absolute atomic E-state index is 12.1. The van der Waals surface area contributed by atoms with Crippen LogP contribution in [-0.4, -0.2) is 34.6 Å². The molecule has 0 radical (unpaired) electrons. The summed E-state index contributed by atoms with van der Waals surface area (Å²) in [6, 6.07) is 11.3. The van der Waals surface area contributed by atoms with Gasteiger partial charge in [0.05, 0.1) is 27.6 Å². The predicted octanol–water partition coefficient (Wildman–Crippen LogP) is 2.32. The highest BCUT2D eigenvalue weighted by atomic mass is 79.9. The Morgan fingerprint density at radius 1 is 1.21 bits per heavy atom. The number of benzene rings is 2. The van der Waals surface area contributed by atoms with Gasteiger partial charge in [-0.25, -0.2) is 13.1 Å². The average molecular weight is 482 g/mol. The summed E-state index contributed by atoms with van der Waals surface area (Å²) in [7, 11) is -2.16. The van der Waals surface area contributed by atoms with Crippen LogP contribution in [0.1, 0.15) is 18.1 Å². The SMILES string of the molecule is CCOc1cc(C#N)cc(Br)c1OCC(=O)NCc1ccc(S(=O)(=O)NC)cc1. The Morgan fingerprint density at radius 2 is 1.90 bits per heavy atom. The van der Waals surface area contributed by atoms with Crippen molar-refractivity contribution in [3.8, 4) is 17.6 Å². The normalized spacial score (nSPS) is 10.8. The van der Waals surface area contributed by atoms with E-state index < -0.39 is 10.0 Å². The van der Waals surface area contributed by atoms with Crippen molar-refractivity contribution in [1.29, 1.82) is 5.26 Å². The van der Waals surface area contributed by atoms with E-state index in [0.29, 0.717) is 28.1 Å². The number of nitrogens with one attached hydrogen (secondary N) is 2. The zero-order chi connectivity index (χ0) is 21.4. The molecule has 0 saturated heterocycles. The second-order valence-corrected chi connectivity index (χ2v) is 8.49. The van der Waals surface area contributed by atoms with Crippen molar-refractivity contribution in [1.82, 2.24) is 10.0 Å². The number of rotatable bonds is 9. The van der Waals surface area contributed by atoms with Crippen LogP contribution in [0, 0.1) is 11.3 Å². The van der Waals surface area contributed by atoms with Gasteiger partial charge in [0.2, 0.25) is 10.0 Å². The first kappa shape index (κ1) is 22.7. The molecule has 0 heterocycles. The van der Waals surface area contributed by atoms with E-state index in [4.69, 9.17) is 14.7 Å². The summed E-state index contributed by atoms with van der Waals surface area (Å²) in [5.41, 5.74) is 1.14. The standard InChI is InChI=1S/C19H20BrN3O5S/c1-3-27-17-9-14(10-21)8-16(20)19(17)28-12-18(24)23-11-13-4-6-15(7-5-13)29(25,26)22-2/h4-9,22H,3,11-12H2,1-2H3,(H,23,24). The Hall–Kier alpha value is -2.61. The Morgan fingerprint density at radius 3 is 2.48 bits per heavy atom. The van der Waals surface area contributed by atoms with Crippen molar-refractivity contribution < 1.29 is 22.7 Å². The molecule has 0 atom stereocenters. The molecule has 0 fully saturated rings. The molecule has 0 aliphatic carbocycles. The Bertz CT molecular complexity index is 1020. The first-order valence-corrected chi connectivity index (χ1v) is 10.9. The third kappa shape index (κ3) is 6.19. The molecule has 0 spiro atoms. The Balaban J connectivity index is 1.96. The van der Waals surface area contributed by atoms with E-state index in [1.54, 1.807) is 31.2 Å². The molecule has 2 aromatic carbocycles. The van der Waals surface area contributed by atoms with Crippen LogP contribution in [0.2, 0.25) is 0 Å². The van der Waals surface area contributed by atoms with Gasteiger partial charge in [-0.15, -0.1) is 0 Å². The van der Waals surface area contributed by atoms with Gasteiger partial charge in [0.25, 0.3) is 5.91 Å². The third-order valence-electron chi connectivity index (χ3n) is 3.78. The van der Waals surface area contributed by atoms with Crippen LogP contribution >= 0.6 is 15.9 Å². The molecule has 0 unspecified atom stereocenters. The summed E-state index contributed by atoms with van der Waals surface area (Å²) in [5, 5.41) is 11.7. The summed E-state index contributed by atoms with van der Waals surface area (Å²) >= 11 is 3.32. The highest BCUT2D eigenvalue weighted by Gasteiger charge is 2.14. The zero-order valence-corrected chi connectivity index (χ0v) is 18.3. The quantitative estimate of drug-likeness (QED) is 0.567. The lowest BCUT2D eigenvalue weighted by Gasteiger charge is -2.14. The molecule has 2 N–H and O–H groups in total. The number of nitriles is 1. The third-order valence-corrected chi connectivity index (χ3v) is 5.80. The Kier molecular flexibility index (Phi) is 8.01. The number of ether oxygens (including phenoxy) is 2. The maximum Gasteiger partial charge on any atom is 0.258 e. The minimum Gasteiger partial charge on any atom is -0.490 e. The maximum atomic E-state index is 12.1. The van der Waals surface area contributed by atoms with Gasteiger partial charge in [0.15, 0.2) is 18.1 Å². The van der Waals surface area contributed by atoms with Crippen LogP contribution in [0.5, 0.6) is 11.5 Å². The molecule has 0 aliphatic rings. The number of amides is 1. The van der Waals surface area contributed by atoms with Crippen LogP contribution in [0.3, 0.4) is 0 Å². The summed E-state index contributed by atoms with van der Waals surface area (Å²) in [5.74, 6) is 0.339. The van der Waals surface area contributed by atoms with Gasteiger partial charge in [-0.05, 0) is 53.7 Å². The van der Waals surface area contributed by atoms with Crippen molar-refractivity contribution in [2.45, 2.75) is 18.4 Å². The molecule has 2 rings (SSSR count). The largest absolute Gasteiger partial charge is 0.490 e. The van der Waals surface area contributed by atoms with Gasteiger partial charge in [0.1, 0.15) is 0 Å². The fraction of sp³-hybridized carbons (Fsp3) is 0.263. The first-order valence-electron chi connectivity index (χ1n) is 8.59. The van der Waals surface area contributed by atoms with Gasteiger partial charge in [-0.1, -0.05) is 12.1 Å². The number of carbonyl (C=O) groups is 1. The predicted molar refractivity (Wildman–Crippen MR) is 110 cm³/mol. The highest BCUT2D eigenvalue weighted by Crippen LogP contribution is 2.36. The minimum absolute atomic E-state index is 0.146. The van der Waals surface area contributed by atoms with Crippen LogP contribution in [0.25, 0.3) is 0 Å². The molecular weight excluding hydrogens is 462 g/mol. The number of hydrogen-bond donors (Lipinski definition) is 2. The van der Waals surface area contributed by atoms with E-state index in [0.717, 1.165) is 5.56 Å². The number of sulfonamides is 1. The van der Waals surface area contributed by atoms with Crippen molar-refractivity contribution in [3.63, 3.8) is 0 Å². The fourth-order valence-electron chi connectivity index (χ4n) is 2.33. The molecule has 2 aromatic rings. The van der Waals surface area contributed by atoms with Crippen LogP contribution < -0.4 is 19.5 Å². The smallest absolute Gasteiger partial charge is 0.258 e. The van der Waals surface area contributed by atoms with E-state index in [1.165, 1.54) is 19.2 Å². The molecule has 0 saturated carbocycles. The monoisotopic (exact) mass is 481 g/mol. The van der Waals surface area contributed by atoms with Crippen molar-refractivity contribution >= 4 is 31.9 Å². The lowest BCUT2D eigenvalue weighted by Crippen LogP contribution is -2.28. The molecule has 0 bridgehead atoms. The Labute approximate surface area is 178 Å². The van der Waals surface area contributed by atoms with Gasteiger partial charge in [-0.3, -0.25) is 4.79 Å². The molecule has 0 aliphatic heterocycles. The van der Waals surface area contributed by atoms with E-state index in [-0.39, 0.29) is 24.0 Å². The van der Waals surface area contributed by atoms with Gasteiger partial charge >= 0.3 is 0 Å². The van der Waals surface area contributed by atoms with Crippen molar-refractivity contribution in [2.75, 3.05) is 20.3 Å². The van der Waals surface area contributed by atoms with Gasteiger partial charge < -0.3 is 14.8 Å². The minimum atomic E-state index is -3.50. The molecule has 1 amide bonds. The van der Waals surface area contributed by atoms with Crippen LogP contribution in [0.15, 0.2) is 45.8 Å². The number of carbonyl (C=O) groups excluding carboxylic acids is 1. The van der Waals surface area contributed by atoms with Crippen molar-refractivity contribution in [2.24, 2.45) is 0 Å². The lowest BCUT2D eigenvalue weighted by atomic mass is 10.2. The van der Waals surface area contributed by atoms with E-state index in [1.807, 2.05) is 6.07 Å². The van der Waals surface area contributed by atoms with Crippen LogP contribution in [0.4, 0.5) is 0 Å². The van der Waals surface area contributed by atoms with Gasteiger partial charge in [0, 0.05) is 12.6 Å². The molecule has 154 valence electrons. The summed E-state index contributed by atoms with van der Waals surface area (Å²) in [6.07, 6.45) is 0. The van der Waals surface area contributed by atoms with Crippen molar-refractivity contribution in [3.05, 3.63) is 52.0 Å². The second-order valence-electron chi connectivity index (χ2n) is 5.75. The number of nitrogens with zero attached hydrogens (tertiary/aromatic N) is 1. The molecule has 0 aromatic heterocycles. The van der Waals surface area contributed by atoms with E-state index >= 15 is 0 Å². The van der Waals surface area contributed by atoms with Crippen LogP contribution in [-0.2, 0) is 21.4 Å². The fourth-order valence-corrected chi connectivity index (χ4v) is 3.62. The zero-order valence-electron chi connectivity index (χ0n) is 15.9. The number of hydrogen-bond acceptors (Lipinski definition) is 6. The molecule has 10 heteroatoms. The van der Waals surface area contributed by atoms with Gasteiger partial charge in [-0.2, -0.15) is 5.26 Å². The molecule has 8 nitrogen and oxygen atoms in total. The lowest BCUT2D eigenvalue weighted by molar-refractivity contribution is -0.123. The summed E-state index contributed by atoms with van der Waals surface area (Å²) in [4.78, 5) is 12.3. The van der Waals surface area contributed by atoms with E-state index in [9.17, 15) is 13.2 Å². The second kappa shape index (κ2) is 10.2. The van der Waals surface area contributed by atoms with E-state index in [2.05, 4.69) is 26.0 Å². The highest BCUT2D eigenvalue weighted by molar-refractivity contribution is 9.10.